The van der Waals surface area contributed by atoms with Crippen LogP contribution in [0.1, 0.15) is 15.9 Å². The van der Waals surface area contributed by atoms with Gasteiger partial charge in [0.2, 0.25) is 0 Å². The van der Waals surface area contributed by atoms with Gasteiger partial charge in [0.05, 0.1) is 19.8 Å². The summed E-state index contributed by atoms with van der Waals surface area (Å²) in [4.78, 5) is 13.8. The van der Waals surface area contributed by atoms with Gasteiger partial charge >= 0.3 is 0 Å². The van der Waals surface area contributed by atoms with E-state index in [1.54, 1.807) is 29.2 Å². The Labute approximate surface area is 94.4 Å². The largest absolute Gasteiger partial charge is 0.392 e. The van der Waals surface area contributed by atoms with Gasteiger partial charge in [-0.25, -0.2) is 0 Å². The van der Waals surface area contributed by atoms with Crippen molar-refractivity contribution in [3.63, 3.8) is 0 Å². The van der Waals surface area contributed by atoms with E-state index >= 15 is 0 Å². The quantitative estimate of drug-likeness (QED) is 0.797. The summed E-state index contributed by atoms with van der Waals surface area (Å²) >= 11 is 0. The van der Waals surface area contributed by atoms with Crippen molar-refractivity contribution in [1.82, 2.24) is 4.90 Å². The molecule has 0 atom stereocenters. The second-order valence-electron chi connectivity index (χ2n) is 3.76. The lowest BCUT2D eigenvalue weighted by molar-refractivity contribution is 0.0303. The minimum atomic E-state index is 0.00598. The Kier molecular flexibility index (Phi) is 3.54. The van der Waals surface area contributed by atoms with Gasteiger partial charge in [-0.2, -0.15) is 0 Å². The van der Waals surface area contributed by atoms with E-state index in [2.05, 4.69) is 0 Å². The second kappa shape index (κ2) is 5.09. The van der Waals surface area contributed by atoms with Gasteiger partial charge in [-0.3, -0.25) is 4.79 Å². The number of aliphatic hydroxyl groups is 1. The van der Waals surface area contributed by atoms with Gasteiger partial charge < -0.3 is 14.7 Å². The fraction of sp³-hybridized carbons (Fsp3) is 0.417. The van der Waals surface area contributed by atoms with Crippen molar-refractivity contribution in [3.8, 4) is 0 Å². The Hall–Kier alpha value is -1.39. The molecule has 16 heavy (non-hydrogen) atoms. The van der Waals surface area contributed by atoms with Gasteiger partial charge in [0.25, 0.3) is 5.91 Å². The second-order valence-corrected chi connectivity index (χ2v) is 3.76. The summed E-state index contributed by atoms with van der Waals surface area (Å²) in [7, 11) is 0. The van der Waals surface area contributed by atoms with E-state index in [1.807, 2.05) is 0 Å². The highest BCUT2D eigenvalue weighted by Gasteiger charge is 2.17. The summed E-state index contributed by atoms with van der Waals surface area (Å²) in [5.41, 5.74) is 1.48. The van der Waals surface area contributed by atoms with Crippen LogP contribution in [-0.4, -0.2) is 42.2 Å². The minimum absolute atomic E-state index is 0.00598. The number of amides is 1. The molecule has 1 aromatic rings. The minimum Gasteiger partial charge on any atom is -0.392 e. The van der Waals surface area contributed by atoms with Crippen LogP contribution in [0.2, 0.25) is 0 Å². The number of aliphatic hydroxyl groups excluding tert-OH is 1. The standard InChI is InChI=1S/C12H15NO3/c14-9-10-1-3-11(4-2-10)12(15)13-5-7-16-8-6-13/h1-4,14H,5-9H2. The van der Waals surface area contributed by atoms with Crippen molar-refractivity contribution in [2.75, 3.05) is 26.3 Å². The molecule has 1 aliphatic rings. The van der Waals surface area contributed by atoms with Crippen LogP contribution < -0.4 is 0 Å². The zero-order valence-electron chi connectivity index (χ0n) is 9.06. The molecule has 4 heteroatoms. The highest BCUT2D eigenvalue weighted by atomic mass is 16.5. The Morgan fingerprint density at radius 2 is 1.88 bits per heavy atom. The number of hydrogen-bond acceptors (Lipinski definition) is 3. The van der Waals surface area contributed by atoms with E-state index in [-0.39, 0.29) is 12.5 Å². The van der Waals surface area contributed by atoms with E-state index in [0.29, 0.717) is 31.9 Å². The van der Waals surface area contributed by atoms with Crippen molar-refractivity contribution in [3.05, 3.63) is 35.4 Å². The topological polar surface area (TPSA) is 49.8 Å². The molecule has 4 nitrogen and oxygen atoms in total. The molecule has 1 aliphatic heterocycles. The number of hydrogen-bond donors (Lipinski definition) is 1. The molecule has 1 fully saturated rings. The van der Waals surface area contributed by atoms with Crippen LogP contribution in [0, 0.1) is 0 Å². The van der Waals surface area contributed by atoms with E-state index in [4.69, 9.17) is 9.84 Å². The molecule has 0 aromatic heterocycles. The maximum Gasteiger partial charge on any atom is 0.254 e. The molecule has 1 amide bonds. The fourth-order valence-corrected chi connectivity index (χ4v) is 1.70. The molecule has 1 N–H and O–H groups in total. The third-order valence-corrected chi connectivity index (χ3v) is 2.68. The first-order valence-corrected chi connectivity index (χ1v) is 5.38. The van der Waals surface area contributed by atoms with Gasteiger partial charge in [-0.15, -0.1) is 0 Å². The molecule has 0 saturated carbocycles. The van der Waals surface area contributed by atoms with Crippen LogP contribution in [0.5, 0.6) is 0 Å². The molecular formula is C12H15NO3. The first kappa shape index (κ1) is 11.1. The number of nitrogens with zero attached hydrogens (tertiary/aromatic N) is 1. The molecule has 1 saturated heterocycles. The summed E-state index contributed by atoms with van der Waals surface area (Å²) in [6.45, 7) is 2.54. The number of benzene rings is 1. The molecule has 86 valence electrons. The van der Waals surface area contributed by atoms with Crippen molar-refractivity contribution in [2.45, 2.75) is 6.61 Å². The summed E-state index contributed by atoms with van der Waals surface area (Å²) in [6, 6.07) is 7.05. The lowest BCUT2D eigenvalue weighted by Crippen LogP contribution is -2.40. The van der Waals surface area contributed by atoms with Gasteiger partial charge in [0.1, 0.15) is 0 Å². The van der Waals surface area contributed by atoms with E-state index < -0.39 is 0 Å². The van der Waals surface area contributed by atoms with Crippen molar-refractivity contribution >= 4 is 5.91 Å². The van der Waals surface area contributed by atoms with Crippen LogP contribution in [0.4, 0.5) is 0 Å². The fourth-order valence-electron chi connectivity index (χ4n) is 1.70. The summed E-state index contributed by atoms with van der Waals surface area (Å²) in [5, 5.41) is 8.90. The van der Waals surface area contributed by atoms with E-state index in [0.717, 1.165) is 5.56 Å². The molecular weight excluding hydrogens is 206 g/mol. The third-order valence-electron chi connectivity index (χ3n) is 2.68. The zero-order valence-corrected chi connectivity index (χ0v) is 9.06. The summed E-state index contributed by atoms with van der Waals surface area (Å²) in [6.07, 6.45) is 0. The smallest absolute Gasteiger partial charge is 0.254 e. The Balaban J connectivity index is 2.07. The van der Waals surface area contributed by atoms with E-state index in [9.17, 15) is 4.79 Å². The average molecular weight is 221 g/mol. The molecule has 0 spiro atoms. The highest BCUT2D eigenvalue weighted by molar-refractivity contribution is 5.94. The van der Waals surface area contributed by atoms with Gasteiger partial charge in [-0.1, -0.05) is 12.1 Å². The number of morpholine rings is 1. The van der Waals surface area contributed by atoms with Crippen molar-refractivity contribution in [2.24, 2.45) is 0 Å². The number of rotatable bonds is 2. The lowest BCUT2D eigenvalue weighted by Gasteiger charge is -2.26. The molecule has 1 aromatic carbocycles. The Morgan fingerprint density at radius 3 is 2.44 bits per heavy atom. The first-order chi connectivity index (χ1) is 7.81. The van der Waals surface area contributed by atoms with Crippen molar-refractivity contribution < 1.29 is 14.6 Å². The molecule has 0 bridgehead atoms. The van der Waals surface area contributed by atoms with Crippen molar-refractivity contribution in [1.29, 1.82) is 0 Å². The molecule has 2 rings (SSSR count). The van der Waals surface area contributed by atoms with Crippen LogP contribution in [0.3, 0.4) is 0 Å². The monoisotopic (exact) mass is 221 g/mol. The SMILES string of the molecule is O=C(c1ccc(CO)cc1)N1CCOCC1. The number of carbonyl (C=O) groups excluding carboxylic acids is 1. The van der Waals surface area contributed by atoms with Crippen LogP contribution >= 0.6 is 0 Å². The molecule has 1 heterocycles. The maximum absolute atomic E-state index is 12.0. The first-order valence-electron chi connectivity index (χ1n) is 5.38. The summed E-state index contributed by atoms with van der Waals surface area (Å²) < 4.78 is 5.20. The zero-order chi connectivity index (χ0) is 11.4. The predicted molar refractivity (Wildman–Crippen MR) is 59.1 cm³/mol. The number of carbonyl (C=O) groups is 1. The molecule has 0 radical (unpaired) electrons. The van der Waals surface area contributed by atoms with E-state index in [1.165, 1.54) is 0 Å². The van der Waals surface area contributed by atoms with Gasteiger partial charge in [0.15, 0.2) is 0 Å². The summed E-state index contributed by atoms with van der Waals surface area (Å²) in [5.74, 6) is 0.0350. The normalized spacial score (nSPS) is 16.2. The highest BCUT2D eigenvalue weighted by Crippen LogP contribution is 2.09. The molecule has 0 aliphatic carbocycles. The van der Waals surface area contributed by atoms with Gasteiger partial charge in [0, 0.05) is 18.7 Å². The number of ether oxygens (including phenoxy) is 1. The van der Waals surface area contributed by atoms with Crippen LogP contribution in [0.15, 0.2) is 24.3 Å². The average Bonchev–Trinajstić information content (AvgIpc) is 2.39. The third kappa shape index (κ3) is 2.40. The van der Waals surface area contributed by atoms with Gasteiger partial charge in [-0.05, 0) is 17.7 Å². The lowest BCUT2D eigenvalue weighted by atomic mass is 10.1. The molecule has 0 unspecified atom stereocenters. The Bertz CT molecular complexity index is 355. The van der Waals surface area contributed by atoms with Crippen LogP contribution in [0.25, 0.3) is 0 Å². The Morgan fingerprint density at radius 1 is 1.25 bits per heavy atom. The maximum atomic E-state index is 12.0. The predicted octanol–water partition coefficient (Wildman–Crippen LogP) is 0.651. The van der Waals surface area contributed by atoms with Crippen LogP contribution in [-0.2, 0) is 11.3 Å².